The van der Waals surface area contributed by atoms with Crippen LogP contribution in [0.25, 0.3) is 0 Å². The Morgan fingerprint density at radius 2 is 1.14 bits per heavy atom. The Morgan fingerprint density at radius 1 is 0.857 bits per heavy atom. The summed E-state index contributed by atoms with van der Waals surface area (Å²) >= 11 is 0. The van der Waals surface area contributed by atoms with Gasteiger partial charge in [-0.05, 0) is 0 Å². The normalized spacial score (nSPS) is 8.00. The summed E-state index contributed by atoms with van der Waals surface area (Å²) in [5.41, 5.74) is -0.727. The maximum Gasteiger partial charge on any atom is 1.00 e. The molecular formula is C8H4Ag2O4. The Balaban J connectivity index is 0. The molecule has 14 heavy (non-hydrogen) atoms. The van der Waals surface area contributed by atoms with E-state index in [4.69, 9.17) is 0 Å². The van der Waals surface area contributed by atoms with Crippen LogP contribution in [0.4, 0.5) is 0 Å². The minimum absolute atomic E-state index is 0. The number of aromatic carboxylic acids is 2. The second-order valence-electron chi connectivity index (χ2n) is 2.12. The summed E-state index contributed by atoms with van der Waals surface area (Å²) in [6.07, 6.45) is 0. The van der Waals surface area contributed by atoms with Gasteiger partial charge < -0.3 is 19.8 Å². The molecule has 0 aliphatic carbocycles. The van der Waals surface area contributed by atoms with Crippen LogP contribution in [0.3, 0.4) is 0 Å². The number of carboxylic acid groups (broad SMARTS) is 2. The van der Waals surface area contributed by atoms with Gasteiger partial charge in [0.1, 0.15) is 0 Å². The molecule has 0 saturated carbocycles. The fourth-order valence-electron chi connectivity index (χ4n) is 0.839. The largest absolute Gasteiger partial charge is 1.00 e. The molecule has 0 bridgehead atoms. The molecule has 0 N–H and O–H groups in total. The number of hydrogen-bond donors (Lipinski definition) is 0. The molecule has 0 radical (unpaired) electrons. The van der Waals surface area contributed by atoms with Crippen molar-refractivity contribution in [3.05, 3.63) is 35.4 Å². The molecule has 0 aliphatic rings. The van der Waals surface area contributed by atoms with E-state index in [2.05, 4.69) is 0 Å². The second kappa shape index (κ2) is 7.00. The van der Waals surface area contributed by atoms with Gasteiger partial charge in [0.05, 0.1) is 11.9 Å². The van der Waals surface area contributed by atoms with E-state index in [1.807, 2.05) is 0 Å². The second-order valence-corrected chi connectivity index (χ2v) is 2.12. The third-order valence-corrected chi connectivity index (χ3v) is 1.37. The third-order valence-electron chi connectivity index (χ3n) is 1.37. The van der Waals surface area contributed by atoms with E-state index in [1.54, 1.807) is 0 Å². The van der Waals surface area contributed by atoms with Gasteiger partial charge in [0, 0.05) is 11.1 Å². The first-order valence-electron chi connectivity index (χ1n) is 3.14. The van der Waals surface area contributed by atoms with Gasteiger partial charge >= 0.3 is 44.8 Å². The van der Waals surface area contributed by atoms with Crippen LogP contribution in [0, 0.1) is 0 Å². The summed E-state index contributed by atoms with van der Waals surface area (Å²) in [5.74, 6) is -3.04. The SMILES string of the molecule is O=C([O-])c1ccccc1C(=O)[O-].[Ag+].[Ag+]. The van der Waals surface area contributed by atoms with Crippen LogP contribution < -0.4 is 10.2 Å². The summed E-state index contributed by atoms with van der Waals surface area (Å²) in [5, 5.41) is 20.6. The average molecular weight is 380 g/mol. The molecule has 6 heteroatoms. The molecule has 1 aromatic rings. The number of carboxylic acids is 2. The van der Waals surface area contributed by atoms with Crippen LogP contribution in [-0.4, -0.2) is 11.9 Å². The summed E-state index contributed by atoms with van der Waals surface area (Å²) < 4.78 is 0. The number of carbonyl (C=O) groups excluding carboxylic acids is 2. The van der Waals surface area contributed by atoms with E-state index in [0.717, 1.165) is 12.1 Å². The molecule has 4 nitrogen and oxygen atoms in total. The zero-order valence-electron chi connectivity index (χ0n) is 6.55. The van der Waals surface area contributed by atoms with Gasteiger partial charge in [0.15, 0.2) is 0 Å². The summed E-state index contributed by atoms with van der Waals surface area (Å²) in [7, 11) is 0. The Kier molecular flexibility index (Phi) is 8.04. The maximum atomic E-state index is 10.3. The molecule has 1 aromatic carbocycles. The van der Waals surface area contributed by atoms with Gasteiger partial charge in [-0.1, -0.05) is 24.3 Å². The van der Waals surface area contributed by atoms with Crippen LogP contribution in [0.15, 0.2) is 24.3 Å². The third kappa shape index (κ3) is 3.79. The molecule has 0 unspecified atom stereocenters. The van der Waals surface area contributed by atoms with Crippen molar-refractivity contribution < 1.29 is 64.6 Å². The molecule has 0 saturated heterocycles. The van der Waals surface area contributed by atoms with E-state index in [1.165, 1.54) is 12.1 Å². The summed E-state index contributed by atoms with van der Waals surface area (Å²) in [6, 6.07) is 5.14. The fourth-order valence-corrected chi connectivity index (χ4v) is 0.839. The molecule has 0 atom stereocenters. The minimum Gasteiger partial charge on any atom is -0.545 e. The van der Waals surface area contributed by atoms with Gasteiger partial charge in [-0.25, -0.2) is 0 Å². The van der Waals surface area contributed by atoms with Crippen LogP contribution >= 0.6 is 0 Å². The van der Waals surface area contributed by atoms with E-state index in [0.29, 0.717) is 0 Å². The first kappa shape index (κ1) is 16.1. The van der Waals surface area contributed by atoms with E-state index >= 15 is 0 Å². The molecular weight excluding hydrogens is 376 g/mol. The van der Waals surface area contributed by atoms with Crippen molar-refractivity contribution >= 4 is 11.9 Å². The average Bonchev–Trinajstić information content (AvgIpc) is 2.04. The first-order valence-corrected chi connectivity index (χ1v) is 3.14. The van der Waals surface area contributed by atoms with E-state index < -0.39 is 11.9 Å². The molecule has 0 aliphatic heterocycles. The predicted molar refractivity (Wildman–Crippen MR) is 35.1 cm³/mol. The standard InChI is InChI=1S/C8H6O4.2Ag/c9-7(10)5-3-1-2-4-6(5)8(11)12;;/h1-4H,(H,9,10)(H,11,12);;/q;2*+1/p-2. The minimum atomic E-state index is -1.52. The molecule has 0 aromatic heterocycles. The van der Waals surface area contributed by atoms with Gasteiger partial charge in [0.25, 0.3) is 0 Å². The molecule has 82 valence electrons. The molecule has 0 amide bonds. The van der Waals surface area contributed by atoms with Crippen molar-refractivity contribution in [1.29, 1.82) is 0 Å². The van der Waals surface area contributed by atoms with Crippen molar-refractivity contribution in [2.45, 2.75) is 0 Å². The van der Waals surface area contributed by atoms with Gasteiger partial charge in [-0.2, -0.15) is 0 Å². The first-order chi connectivity index (χ1) is 5.63. The fraction of sp³-hybridized carbons (Fsp3) is 0. The molecule has 0 fully saturated rings. The number of carbonyl (C=O) groups is 2. The van der Waals surface area contributed by atoms with E-state index in [-0.39, 0.29) is 55.9 Å². The van der Waals surface area contributed by atoms with Crippen molar-refractivity contribution in [3.63, 3.8) is 0 Å². The van der Waals surface area contributed by atoms with Gasteiger partial charge in [0.2, 0.25) is 0 Å². The number of rotatable bonds is 2. The maximum absolute atomic E-state index is 10.3. The summed E-state index contributed by atoms with van der Waals surface area (Å²) in [4.78, 5) is 20.6. The predicted octanol–water partition coefficient (Wildman–Crippen LogP) is -1.59. The van der Waals surface area contributed by atoms with Gasteiger partial charge in [-0.3, -0.25) is 0 Å². The number of benzene rings is 1. The molecule has 1 rings (SSSR count). The van der Waals surface area contributed by atoms with Crippen molar-refractivity contribution in [1.82, 2.24) is 0 Å². The molecule has 0 spiro atoms. The Hall–Kier alpha value is -0.359. The monoisotopic (exact) mass is 378 g/mol. The van der Waals surface area contributed by atoms with Crippen LogP contribution in [-0.2, 0) is 44.8 Å². The zero-order chi connectivity index (χ0) is 9.14. The quantitative estimate of drug-likeness (QED) is 0.580. The van der Waals surface area contributed by atoms with Crippen LogP contribution in [0.2, 0.25) is 0 Å². The van der Waals surface area contributed by atoms with Crippen LogP contribution in [0.5, 0.6) is 0 Å². The van der Waals surface area contributed by atoms with Crippen molar-refractivity contribution in [3.8, 4) is 0 Å². The number of hydrogen-bond acceptors (Lipinski definition) is 4. The topological polar surface area (TPSA) is 80.3 Å². The summed E-state index contributed by atoms with van der Waals surface area (Å²) in [6.45, 7) is 0. The Bertz CT molecular complexity index is 305. The van der Waals surface area contributed by atoms with Crippen molar-refractivity contribution in [2.24, 2.45) is 0 Å². The Morgan fingerprint density at radius 3 is 1.36 bits per heavy atom. The smallest absolute Gasteiger partial charge is 0.545 e. The Labute approximate surface area is 111 Å². The molecule has 0 heterocycles. The van der Waals surface area contributed by atoms with Gasteiger partial charge in [-0.15, -0.1) is 0 Å². The van der Waals surface area contributed by atoms with Crippen molar-refractivity contribution in [2.75, 3.05) is 0 Å². The van der Waals surface area contributed by atoms with E-state index in [9.17, 15) is 19.8 Å². The van der Waals surface area contributed by atoms with Crippen LogP contribution in [0.1, 0.15) is 20.7 Å². The zero-order valence-corrected chi connectivity index (χ0v) is 9.51.